The van der Waals surface area contributed by atoms with Crippen LogP contribution in [0.25, 0.3) is 0 Å². The third-order valence-electron chi connectivity index (χ3n) is 2.18. The molecule has 0 saturated heterocycles. The maximum atomic E-state index is 10.6. The fourth-order valence-corrected chi connectivity index (χ4v) is 3.65. The Labute approximate surface area is 122 Å². The van der Waals surface area contributed by atoms with Crippen molar-refractivity contribution < 1.29 is 29.3 Å². The summed E-state index contributed by atoms with van der Waals surface area (Å²) in [5.74, 6) is 1.46. The van der Waals surface area contributed by atoms with E-state index in [1.165, 1.54) is 25.7 Å². The summed E-state index contributed by atoms with van der Waals surface area (Å²) in [4.78, 5) is 21.3. The Hall–Kier alpha value is 1.54. The predicted molar refractivity (Wildman–Crippen MR) is 69.3 cm³/mol. The minimum Gasteiger partial charge on any atom is -0.825 e. The molecule has 0 fully saturated rings. The zero-order chi connectivity index (χ0) is 11.7. The first kappa shape index (κ1) is 19.9. The summed E-state index contributed by atoms with van der Waals surface area (Å²) in [6.45, 7) is 4.48. The van der Waals surface area contributed by atoms with Crippen molar-refractivity contribution in [1.82, 2.24) is 0 Å². The average Bonchev–Trinajstić information content (AvgIpc) is 2.07. The van der Waals surface area contributed by atoms with Crippen LogP contribution in [0.1, 0.15) is 52.4 Å². The molecular weight excluding hydrogens is 313 g/mol. The third-order valence-corrected chi connectivity index (χ3v) is 5.41. The van der Waals surface area contributed by atoms with Gasteiger partial charge in [0.25, 0.3) is 0 Å². The van der Waals surface area contributed by atoms with Crippen molar-refractivity contribution in [3.8, 4) is 0 Å². The van der Waals surface area contributed by atoms with Gasteiger partial charge < -0.3 is 9.79 Å². The summed E-state index contributed by atoms with van der Waals surface area (Å²) in [7, 11) is 0. The molecule has 0 unspecified atom stereocenters. The largest absolute Gasteiger partial charge is 2.00 e. The molecule has 0 spiro atoms. The van der Waals surface area contributed by atoms with Gasteiger partial charge in [-0.3, -0.25) is 0 Å². The summed E-state index contributed by atoms with van der Waals surface area (Å²) in [6, 6.07) is 0. The van der Waals surface area contributed by atoms with E-state index in [4.69, 9.17) is 0 Å². The molecule has 0 N–H and O–H groups in total. The molecule has 0 aromatic carbocycles. The molecule has 0 saturated carbocycles. The normalized spacial score (nSPS) is 11.6. The maximum absolute atomic E-state index is 10.6. The Bertz CT molecular complexity index is 197. The smallest absolute Gasteiger partial charge is 0.825 e. The van der Waals surface area contributed by atoms with Gasteiger partial charge >= 0.3 is 19.5 Å². The Balaban J connectivity index is 0. The van der Waals surface area contributed by atoms with Crippen molar-refractivity contribution in [1.29, 1.82) is 0 Å². The minimum absolute atomic E-state index is 0. The Morgan fingerprint density at radius 3 is 2.06 bits per heavy atom. The molecule has 0 atom stereocenters. The molecule has 0 bridgehead atoms. The molecule has 0 radical (unpaired) electrons. The molecule has 6 heteroatoms. The van der Waals surface area contributed by atoms with Gasteiger partial charge in [-0.05, 0) is 18.1 Å². The topological polar surface area (TPSA) is 46.1 Å². The number of rotatable bonds is 9. The van der Waals surface area contributed by atoms with Crippen LogP contribution < -0.4 is 9.79 Å². The molecule has 0 rings (SSSR count). The van der Waals surface area contributed by atoms with E-state index in [0.29, 0.717) is 5.75 Å². The van der Waals surface area contributed by atoms with Crippen LogP contribution in [0.4, 0.5) is 0 Å². The number of unbranched alkanes of at least 4 members (excludes halogenated alkanes) is 4. The van der Waals surface area contributed by atoms with Gasteiger partial charge in [-0.1, -0.05) is 46.0 Å². The number of hydrogen-bond donors (Lipinski definition) is 0. The van der Waals surface area contributed by atoms with E-state index in [1.807, 2.05) is 0 Å². The summed E-state index contributed by atoms with van der Waals surface area (Å²) < 4.78 is 0. The monoisotopic (exact) mass is 332 g/mol. The fraction of sp³-hybridized carbons (Fsp3) is 1.00. The molecule has 0 aromatic heterocycles. The third kappa shape index (κ3) is 17.9. The minimum atomic E-state index is -3.49. The molecule has 2 nitrogen and oxygen atoms in total. The van der Waals surface area contributed by atoms with Crippen LogP contribution in [-0.4, -0.2) is 5.75 Å². The zero-order valence-corrected chi connectivity index (χ0v) is 15.8. The van der Waals surface area contributed by atoms with Gasteiger partial charge in [0.1, 0.15) is 0 Å². The molecular formula is C10H21O2PS2Zn. The standard InChI is InChI=1S/C10H23O2PS2.Zn/c1-10(2)8-6-4-3-5-7-9-15-13(11,12)14;/h10H,3-9H2,1-2H3,(H2,11,12,14);/q;+2/p-2. The Kier molecular flexibility index (Phi) is 14.4. The number of hydrogen-bond acceptors (Lipinski definition) is 4. The van der Waals surface area contributed by atoms with Gasteiger partial charge in [0.2, 0.25) is 0 Å². The van der Waals surface area contributed by atoms with Gasteiger partial charge in [0, 0.05) is 0 Å². The van der Waals surface area contributed by atoms with E-state index in [9.17, 15) is 9.79 Å². The van der Waals surface area contributed by atoms with Crippen LogP contribution in [0.15, 0.2) is 0 Å². The van der Waals surface area contributed by atoms with Crippen LogP contribution in [0.3, 0.4) is 0 Å². The molecule has 0 amide bonds. The van der Waals surface area contributed by atoms with E-state index in [0.717, 1.165) is 30.1 Å². The summed E-state index contributed by atoms with van der Waals surface area (Å²) in [6.07, 6.45) is 7.18. The van der Waals surface area contributed by atoms with Crippen LogP contribution in [0.2, 0.25) is 0 Å². The van der Waals surface area contributed by atoms with Crippen LogP contribution >= 0.6 is 17.1 Å². The molecule has 16 heavy (non-hydrogen) atoms. The second kappa shape index (κ2) is 11.6. The van der Waals surface area contributed by atoms with Crippen molar-refractivity contribution in [3.63, 3.8) is 0 Å². The SMILES string of the molecule is CC(C)CCCCCCCSP([O-])([O-])=S.[Zn+2]. The second-order valence-electron chi connectivity index (χ2n) is 4.23. The van der Waals surface area contributed by atoms with Crippen LogP contribution in [0.5, 0.6) is 0 Å². The Morgan fingerprint density at radius 2 is 1.56 bits per heavy atom. The van der Waals surface area contributed by atoms with Gasteiger partial charge in [-0.2, -0.15) is 17.1 Å². The Morgan fingerprint density at radius 1 is 1.06 bits per heavy atom. The first-order chi connectivity index (χ1) is 6.92. The van der Waals surface area contributed by atoms with Crippen molar-refractivity contribution in [2.24, 2.45) is 5.92 Å². The summed E-state index contributed by atoms with van der Waals surface area (Å²) in [5.41, 5.74) is -3.49. The van der Waals surface area contributed by atoms with Crippen molar-refractivity contribution in [2.75, 3.05) is 5.75 Å². The molecule has 0 heterocycles. The molecule has 0 aliphatic carbocycles. The van der Waals surface area contributed by atoms with E-state index < -0.39 is 5.69 Å². The van der Waals surface area contributed by atoms with Crippen molar-refractivity contribution in [2.45, 2.75) is 52.4 Å². The zero-order valence-electron chi connectivity index (χ0n) is 10.3. The van der Waals surface area contributed by atoms with E-state index in [1.54, 1.807) is 0 Å². The fourth-order valence-electron chi connectivity index (χ4n) is 1.36. The van der Waals surface area contributed by atoms with E-state index >= 15 is 0 Å². The van der Waals surface area contributed by atoms with Gasteiger partial charge in [-0.25, -0.2) is 0 Å². The first-order valence-electron chi connectivity index (χ1n) is 5.58. The second-order valence-corrected chi connectivity index (χ2v) is 10.1. The molecule has 92 valence electrons. The quantitative estimate of drug-likeness (QED) is 0.370. The summed E-state index contributed by atoms with van der Waals surface area (Å²) >= 11 is 5.21. The van der Waals surface area contributed by atoms with E-state index in [-0.39, 0.29) is 19.5 Å². The van der Waals surface area contributed by atoms with E-state index in [2.05, 4.69) is 25.7 Å². The van der Waals surface area contributed by atoms with Crippen molar-refractivity contribution in [3.05, 3.63) is 0 Å². The summed E-state index contributed by atoms with van der Waals surface area (Å²) in [5, 5.41) is 0. The van der Waals surface area contributed by atoms with Gasteiger partial charge in [0.05, 0.1) is 0 Å². The van der Waals surface area contributed by atoms with Gasteiger partial charge in [-0.15, -0.1) is 11.8 Å². The predicted octanol–water partition coefficient (Wildman–Crippen LogP) is 2.66. The molecule has 0 aromatic rings. The maximum Gasteiger partial charge on any atom is 2.00 e. The first-order valence-corrected chi connectivity index (χ1v) is 9.81. The molecule has 0 aliphatic heterocycles. The van der Waals surface area contributed by atoms with Gasteiger partial charge in [0.15, 0.2) is 0 Å². The van der Waals surface area contributed by atoms with Crippen LogP contribution in [0, 0.1) is 5.92 Å². The van der Waals surface area contributed by atoms with Crippen molar-refractivity contribution >= 4 is 28.9 Å². The average molecular weight is 334 g/mol. The molecule has 0 aliphatic rings. The van der Waals surface area contributed by atoms with Crippen LogP contribution in [-0.2, 0) is 31.3 Å².